The number of rotatable bonds is 4. The van der Waals surface area contributed by atoms with E-state index in [-0.39, 0.29) is 5.91 Å². The number of halogens is 1. The van der Waals surface area contributed by atoms with E-state index in [1.54, 1.807) is 0 Å². The van der Waals surface area contributed by atoms with Gasteiger partial charge in [0.1, 0.15) is 9.88 Å². The first-order valence-corrected chi connectivity index (χ1v) is 7.33. The lowest BCUT2D eigenvalue weighted by Crippen LogP contribution is -2.23. The lowest BCUT2D eigenvalue weighted by molar-refractivity contribution is 0.0957. The van der Waals surface area contributed by atoms with Crippen molar-refractivity contribution in [2.45, 2.75) is 20.3 Å². The minimum atomic E-state index is -0.0508. The van der Waals surface area contributed by atoms with Crippen molar-refractivity contribution in [3.8, 4) is 10.6 Å². The van der Waals surface area contributed by atoms with Gasteiger partial charge < -0.3 is 5.32 Å². The zero-order chi connectivity index (χ0) is 13.8. The standard InChI is InChI=1S/C14H15ClN2OS/c1-3-7-16-13(18)12-9(2)17-14(19-12)10-5-4-6-11(15)8-10/h4-6,8H,3,7H2,1-2H3,(H,16,18). The predicted octanol–water partition coefficient (Wildman–Crippen LogP) is 3.91. The fourth-order valence-electron chi connectivity index (χ4n) is 1.67. The molecule has 3 nitrogen and oxygen atoms in total. The normalized spacial score (nSPS) is 10.5. The molecule has 0 saturated heterocycles. The van der Waals surface area contributed by atoms with Crippen LogP contribution in [0.3, 0.4) is 0 Å². The molecule has 0 atom stereocenters. The summed E-state index contributed by atoms with van der Waals surface area (Å²) in [6.07, 6.45) is 0.921. The Labute approximate surface area is 121 Å². The zero-order valence-corrected chi connectivity index (χ0v) is 12.4. The van der Waals surface area contributed by atoms with Crippen LogP contribution in [0.2, 0.25) is 5.02 Å². The van der Waals surface area contributed by atoms with Crippen LogP contribution in [0.25, 0.3) is 10.6 Å². The van der Waals surface area contributed by atoms with Gasteiger partial charge in [0.15, 0.2) is 0 Å². The van der Waals surface area contributed by atoms with Gasteiger partial charge in [0.2, 0.25) is 0 Å². The monoisotopic (exact) mass is 294 g/mol. The average Bonchev–Trinajstić information content (AvgIpc) is 2.78. The van der Waals surface area contributed by atoms with E-state index in [1.807, 2.05) is 38.1 Å². The summed E-state index contributed by atoms with van der Waals surface area (Å²) >= 11 is 7.37. The van der Waals surface area contributed by atoms with Gasteiger partial charge in [0.05, 0.1) is 5.69 Å². The molecular formula is C14H15ClN2OS. The summed E-state index contributed by atoms with van der Waals surface area (Å²) < 4.78 is 0. The number of carbonyl (C=O) groups excluding carboxylic acids is 1. The van der Waals surface area contributed by atoms with E-state index in [0.717, 1.165) is 22.7 Å². The van der Waals surface area contributed by atoms with E-state index < -0.39 is 0 Å². The molecule has 0 spiro atoms. The number of benzene rings is 1. The average molecular weight is 295 g/mol. The molecule has 1 aromatic carbocycles. The minimum absolute atomic E-state index is 0.0508. The van der Waals surface area contributed by atoms with Crippen molar-refractivity contribution in [1.29, 1.82) is 0 Å². The molecule has 0 fully saturated rings. The first-order valence-electron chi connectivity index (χ1n) is 6.13. The second-order valence-electron chi connectivity index (χ2n) is 4.20. The molecule has 2 aromatic rings. The Morgan fingerprint density at radius 1 is 1.47 bits per heavy atom. The topological polar surface area (TPSA) is 42.0 Å². The Hall–Kier alpha value is -1.39. The van der Waals surface area contributed by atoms with E-state index in [0.29, 0.717) is 16.4 Å². The summed E-state index contributed by atoms with van der Waals surface area (Å²) in [4.78, 5) is 17.1. The van der Waals surface area contributed by atoms with Gasteiger partial charge >= 0.3 is 0 Å². The summed E-state index contributed by atoms with van der Waals surface area (Å²) in [6, 6.07) is 7.50. The van der Waals surface area contributed by atoms with Gasteiger partial charge in [-0.05, 0) is 25.5 Å². The molecule has 0 radical (unpaired) electrons. The molecule has 1 amide bonds. The highest BCUT2D eigenvalue weighted by Crippen LogP contribution is 2.29. The summed E-state index contributed by atoms with van der Waals surface area (Å²) in [6.45, 7) is 4.56. The Bertz CT molecular complexity index is 595. The second kappa shape index (κ2) is 6.17. The van der Waals surface area contributed by atoms with Gasteiger partial charge in [-0.2, -0.15) is 0 Å². The summed E-state index contributed by atoms with van der Waals surface area (Å²) in [5, 5.41) is 4.36. The first kappa shape index (κ1) is 14.0. The van der Waals surface area contributed by atoms with Crippen LogP contribution in [0, 0.1) is 6.92 Å². The molecule has 1 heterocycles. The maximum atomic E-state index is 12.0. The highest BCUT2D eigenvalue weighted by molar-refractivity contribution is 7.17. The molecule has 0 bridgehead atoms. The van der Waals surface area contributed by atoms with Crippen LogP contribution in [0.1, 0.15) is 28.7 Å². The molecule has 5 heteroatoms. The third kappa shape index (κ3) is 3.33. The quantitative estimate of drug-likeness (QED) is 0.929. The van der Waals surface area contributed by atoms with Crippen LogP contribution >= 0.6 is 22.9 Å². The van der Waals surface area contributed by atoms with E-state index in [1.165, 1.54) is 11.3 Å². The smallest absolute Gasteiger partial charge is 0.263 e. The first-order chi connectivity index (χ1) is 9.11. The number of carbonyl (C=O) groups is 1. The third-order valence-corrected chi connectivity index (χ3v) is 4.05. The van der Waals surface area contributed by atoms with Crippen LogP contribution in [-0.4, -0.2) is 17.4 Å². The number of amides is 1. The molecule has 0 aliphatic heterocycles. The number of hydrogen-bond acceptors (Lipinski definition) is 3. The van der Waals surface area contributed by atoms with Gasteiger partial charge in [-0.25, -0.2) is 4.98 Å². The molecule has 0 aliphatic rings. The van der Waals surface area contributed by atoms with Crippen LogP contribution in [0.5, 0.6) is 0 Å². The van der Waals surface area contributed by atoms with E-state index in [4.69, 9.17) is 11.6 Å². The predicted molar refractivity (Wildman–Crippen MR) is 79.9 cm³/mol. The molecule has 1 aromatic heterocycles. The third-order valence-electron chi connectivity index (χ3n) is 2.61. The zero-order valence-electron chi connectivity index (χ0n) is 10.9. The largest absolute Gasteiger partial charge is 0.351 e. The van der Waals surface area contributed by atoms with Crippen LogP contribution in [0.4, 0.5) is 0 Å². The van der Waals surface area contributed by atoms with E-state index >= 15 is 0 Å². The van der Waals surface area contributed by atoms with Crippen molar-refractivity contribution < 1.29 is 4.79 Å². The molecule has 2 rings (SSSR count). The SMILES string of the molecule is CCCNC(=O)c1sc(-c2cccc(Cl)c2)nc1C. The van der Waals surface area contributed by atoms with Gasteiger partial charge in [0.25, 0.3) is 5.91 Å². The Morgan fingerprint density at radius 2 is 2.26 bits per heavy atom. The molecule has 19 heavy (non-hydrogen) atoms. The number of nitrogens with one attached hydrogen (secondary N) is 1. The van der Waals surface area contributed by atoms with E-state index in [9.17, 15) is 4.79 Å². The molecule has 1 N–H and O–H groups in total. The molecule has 0 saturated carbocycles. The fraction of sp³-hybridized carbons (Fsp3) is 0.286. The van der Waals surface area contributed by atoms with Crippen molar-refractivity contribution in [3.63, 3.8) is 0 Å². The summed E-state index contributed by atoms with van der Waals surface area (Å²) in [7, 11) is 0. The lowest BCUT2D eigenvalue weighted by Gasteiger charge is -2.00. The maximum absolute atomic E-state index is 12.0. The molecule has 0 aliphatic carbocycles. The number of aromatic nitrogens is 1. The molecule has 0 unspecified atom stereocenters. The summed E-state index contributed by atoms with van der Waals surface area (Å²) in [5.74, 6) is -0.0508. The number of nitrogens with zero attached hydrogens (tertiary/aromatic N) is 1. The van der Waals surface area contributed by atoms with Crippen molar-refractivity contribution in [1.82, 2.24) is 10.3 Å². The van der Waals surface area contributed by atoms with Crippen molar-refractivity contribution in [2.75, 3.05) is 6.54 Å². The highest BCUT2D eigenvalue weighted by atomic mass is 35.5. The Balaban J connectivity index is 2.28. The van der Waals surface area contributed by atoms with Crippen LogP contribution < -0.4 is 5.32 Å². The molecule has 100 valence electrons. The van der Waals surface area contributed by atoms with Gasteiger partial charge in [-0.1, -0.05) is 30.7 Å². The maximum Gasteiger partial charge on any atom is 0.263 e. The Kier molecular flexibility index (Phi) is 4.56. The van der Waals surface area contributed by atoms with Gasteiger partial charge in [-0.3, -0.25) is 4.79 Å². The Morgan fingerprint density at radius 3 is 2.95 bits per heavy atom. The lowest BCUT2D eigenvalue weighted by atomic mass is 10.2. The van der Waals surface area contributed by atoms with Gasteiger partial charge in [0, 0.05) is 17.1 Å². The summed E-state index contributed by atoms with van der Waals surface area (Å²) in [5.41, 5.74) is 1.70. The van der Waals surface area contributed by atoms with E-state index in [2.05, 4.69) is 10.3 Å². The van der Waals surface area contributed by atoms with Gasteiger partial charge in [-0.15, -0.1) is 11.3 Å². The fourth-order valence-corrected chi connectivity index (χ4v) is 2.84. The highest BCUT2D eigenvalue weighted by Gasteiger charge is 2.15. The van der Waals surface area contributed by atoms with Crippen molar-refractivity contribution in [2.24, 2.45) is 0 Å². The van der Waals surface area contributed by atoms with Crippen molar-refractivity contribution in [3.05, 3.63) is 39.9 Å². The number of thiazole rings is 1. The van der Waals surface area contributed by atoms with Crippen molar-refractivity contribution >= 4 is 28.8 Å². The molecular weight excluding hydrogens is 280 g/mol. The second-order valence-corrected chi connectivity index (χ2v) is 5.64. The minimum Gasteiger partial charge on any atom is -0.351 e. The number of hydrogen-bond donors (Lipinski definition) is 1. The van der Waals surface area contributed by atoms with Crippen LogP contribution in [-0.2, 0) is 0 Å². The number of aryl methyl sites for hydroxylation is 1. The van der Waals surface area contributed by atoms with Crippen LogP contribution in [0.15, 0.2) is 24.3 Å².